The Labute approximate surface area is 165 Å². The fourth-order valence-corrected chi connectivity index (χ4v) is 4.38. The molecule has 1 aliphatic heterocycles. The van der Waals surface area contributed by atoms with Gasteiger partial charge in [-0.05, 0) is 23.1 Å². The Balaban J connectivity index is 1.70. The first-order chi connectivity index (χ1) is 13.1. The first-order valence-electron chi connectivity index (χ1n) is 8.41. The molecule has 0 spiro atoms. The quantitative estimate of drug-likeness (QED) is 0.696. The number of rotatable bonds is 3. The van der Waals surface area contributed by atoms with Crippen molar-refractivity contribution in [2.24, 2.45) is 5.73 Å². The normalized spacial score (nSPS) is 13.3. The summed E-state index contributed by atoms with van der Waals surface area (Å²) in [5, 5.41) is 5.88. The van der Waals surface area contributed by atoms with Crippen molar-refractivity contribution in [3.05, 3.63) is 64.1 Å². The van der Waals surface area contributed by atoms with Crippen molar-refractivity contribution in [1.82, 2.24) is 9.47 Å². The van der Waals surface area contributed by atoms with Crippen molar-refractivity contribution in [2.75, 3.05) is 11.9 Å². The molecule has 27 heavy (non-hydrogen) atoms. The van der Waals surface area contributed by atoms with Gasteiger partial charge < -0.3 is 15.2 Å². The van der Waals surface area contributed by atoms with E-state index in [1.807, 2.05) is 52.4 Å². The summed E-state index contributed by atoms with van der Waals surface area (Å²) in [7, 11) is 0. The van der Waals surface area contributed by atoms with Gasteiger partial charge in [-0.15, -0.1) is 11.3 Å². The lowest BCUT2D eigenvalue weighted by Gasteiger charge is -2.30. The fraction of sp³-hybridized carbons (Fsp3) is 0.158. The number of carbonyl (C=O) groups is 2. The van der Waals surface area contributed by atoms with E-state index >= 15 is 0 Å². The second-order valence-corrected chi connectivity index (χ2v) is 7.52. The molecule has 0 unspecified atom stereocenters. The number of hydrogen-bond acceptors (Lipinski definition) is 3. The van der Waals surface area contributed by atoms with Gasteiger partial charge in [0.15, 0.2) is 0 Å². The summed E-state index contributed by atoms with van der Waals surface area (Å²) < 4.78 is 1.99. The summed E-state index contributed by atoms with van der Waals surface area (Å²) in [6.45, 7) is 1.31. The number of carbonyl (C=O) groups excluding carboxylic acids is 2. The predicted molar refractivity (Wildman–Crippen MR) is 107 cm³/mol. The molecule has 3 amide bonds. The van der Waals surface area contributed by atoms with Gasteiger partial charge >= 0.3 is 6.03 Å². The zero-order valence-corrected chi connectivity index (χ0v) is 15.9. The number of nitrogens with one attached hydrogen (secondary N) is 1. The molecular weight excluding hydrogens is 384 g/mol. The van der Waals surface area contributed by atoms with Gasteiger partial charge in [0.1, 0.15) is 0 Å². The summed E-state index contributed by atoms with van der Waals surface area (Å²) in [6, 6.07) is 13.1. The molecule has 138 valence electrons. The second kappa shape index (κ2) is 7.09. The third kappa shape index (κ3) is 3.20. The molecule has 8 heteroatoms. The Morgan fingerprint density at radius 3 is 2.56 bits per heavy atom. The van der Waals surface area contributed by atoms with Gasteiger partial charge in [-0.3, -0.25) is 10.1 Å². The Kier molecular flexibility index (Phi) is 4.63. The molecule has 0 radical (unpaired) electrons. The van der Waals surface area contributed by atoms with Crippen LogP contribution in [0.4, 0.5) is 9.80 Å². The van der Waals surface area contributed by atoms with Crippen LogP contribution in [0.25, 0.3) is 11.3 Å². The van der Waals surface area contributed by atoms with Crippen molar-refractivity contribution in [1.29, 1.82) is 0 Å². The van der Waals surface area contributed by atoms with E-state index in [9.17, 15) is 9.59 Å². The third-order valence-electron chi connectivity index (χ3n) is 4.58. The van der Waals surface area contributed by atoms with E-state index < -0.39 is 5.91 Å². The lowest BCUT2D eigenvalue weighted by atomic mass is 10.1. The fourth-order valence-electron chi connectivity index (χ4n) is 3.36. The molecule has 0 atom stereocenters. The smallest absolute Gasteiger partial charge is 0.322 e. The van der Waals surface area contributed by atoms with Crippen LogP contribution < -0.4 is 11.1 Å². The minimum atomic E-state index is -0.591. The van der Waals surface area contributed by atoms with E-state index in [1.165, 1.54) is 11.3 Å². The summed E-state index contributed by atoms with van der Waals surface area (Å²) >= 11 is 8.01. The van der Waals surface area contributed by atoms with Gasteiger partial charge in [0.05, 0.1) is 33.5 Å². The minimum Gasteiger partial charge on any atom is -0.365 e. The molecule has 2 aromatic heterocycles. The highest BCUT2D eigenvalue weighted by Gasteiger charge is 2.31. The van der Waals surface area contributed by atoms with E-state index in [2.05, 4.69) is 5.32 Å². The number of halogens is 1. The zero-order chi connectivity index (χ0) is 19.0. The van der Waals surface area contributed by atoms with Crippen LogP contribution in [0.2, 0.25) is 5.02 Å². The minimum absolute atomic E-state index is 0.210. The standard InChI is InChI=1S/C19H17ClN4O2S/c20-16-15(18(21)25)13-11-23(19(26)22-14-7-4-10-27-14)8-9-24(13)17(16)12-5-2-1-3-6-12/h1-7,10H,8-9,11H2,(H2,21,25)(H,22,26). The van der Waals surface area contributed by atoms with Crippen LogP contribution in [0.3, 0.4) is 0 Å². The average Bonchev–Trinajstić information content (AvgIpc) is 3.26. The maximum atomic E-state index is 12.6. The number of amides is 3. The van der Waals surface area contributed by atoms with E-state index in [0.29, 0.717) is 23.8 Å². The molecule has 0 saturated carbocycles. The lowest BCUT2D eigenvalue weighted by molar-refractivity contribution is 0.0997. The maximum Gasteiger partial charge on any atom is 0.322 e. The average molecular weight is 401 g/mol. The molecule has 4 rings (SSSR count). The van der Waals surface area contributed by atoms with Gasteiger partial charge in [0, 0.05) is 13.1 Å². The molecule has 1 aromatic carbocycles. The lowest BCUT2D eigenvalue weighted by Crippen LogP contribution is -2.41. The molecule has 6 nitrogen and oxygen atoms in total. The Morgan fingerprint density at radius 1 is 1.11 bits per heavy atom. The monoisotopic (exact) mass is 400 g/mol. The van der Waals surface area contributed by atoms with E-state index in [4.69, 9.17) is 17.3 Å². The van der Waals surface area contributed by atoms with Crippen LogP contribution >= 0.6 is 22.9 Å². The summed E-state index contributed by atoms with van der Waals surface area (Å²) in [5.41, 5.74) is 8.23. The van der Waals surface area contributed by atoms with Crippen LogP contribution in [0.5, 0.6) is 0 Å². The molecular formula is C19H17ClN4O2S. The Bertz CT molecular complexity index is 999. The van der Waals surface area contributed by atoms with E-state index in [-0.39, 0.29) is 18.1 Å². The van der Waals surface area contributed by atoms with E-state index in [1.54, 1.807) is 4.90 Å². The van der Waals surface area contributed by atoms with Gasteiger partial charge in [0.25, 0.3) is 5.91 Å². The molecule has 0 saturated heterocycles. The van der Waals surface area contributed by atoms with Crippen LogP contribution in [-0.2, 0) is 13.1 Å². The first-order valence-corrected chi connectivity index (χ1v) is 9.67. The first kappa shape index (κ1) is 17.6. The number of fused-ring (bicyclic) bond motifs is 1. The number of aromatic nitrogens is 1. The van der Waals surface area contributed by atoms with Crippen LogP contribution in [0, 0.1) is 0 Å². The van der Waals surface area contributed by atoms with Gasteiger partial charge in [-0.25, -0.2) is 4.79 Å². The van der Waals surface area contributed by atoms with E-state index in [0.717, 1.165) is 16.3 Å². The third-order valence-corrected chi connectivity index (χ3v) is 5.73. The van der Waals surface area contributed by atoms with Crippen molar-refractivity contribution in [3.8, 4) is 11.3 Å². The van der Waals surface area contributed by atoms with Gasteiger partial charge in [-0.1, -0.05) is 41.9 Å². The number of benzene rings is 1. The number of hydrogen-bond donors (Lipinski definition) is 2. The Hall–Kier alpha value is -2.77. The SMILES string of the molecule is NC(=O)c1c(Cl)c(-c2ccccc2)n2c1CN(C(=O)Nc1cccs1)CC2. The topological polar surface area (TPSA) is 80.4 Å². The molecule has 0 fully saturated rings. The summed E-state index contributed by atoms with van der Waals surface area (Å²) in [5.74, 6) is -0.591. The molecule has 3 N–H and O–H groups in total. The molecule has 0 bridgehead atoms. The number of nitrogens with two attached hydrogens (primary N) is 1. The summed E-state index contributed by atoms with van der Waals surface area (Å²) in [4.78, 5) is 26.3. The van der Waals surface area contributed by atoms with Crippen LogP contribution in [0.15, 0.2) is 47.8 Å². The predicted octanol–water partition coefficient (Wildman–Crippen LogP) is 4.02. The molecule has 3 heterocycles. The van der Waals surface area contributed by atoms with Crippen LogP contribution in [-0.4, -0.2) is 28.0 Å². The number of primary amides is 1. The summed E-state index contributed by atoms with van der Waals surface area (Å²) in [6.07, 6.45) is 0. The number of urea groups is 1. The number of nitrogens with zero attached hydrogens (tertiary/aromatic N) is 2. The van der Waals surface area contributed by atoms with Crippen molar-refractivity contribution in [3.63, 3.8) is 0 Å². The molecule has 3 aromatic rings. The Morgan fingerprint density at radius 2 is 1.89 bits per heavy atom. The zero-order valence-electron chi connectivity index (χ0n) is 14.3. The highest BCUT2D eigenvalue weighted by Crippen LogP contribution is 2.37. The van der Waals surface area contributed by atoms with Gasteiger partial charge in [-0.2, -0.15) is 0 Å². The largest absolute Gasteiger partial charge is 0.365 e. The van der Waals surface area contributed by atoms with Crippen molar-refractivity contribution < 1.29 is 9.59 Å². The highest BCUT2D eigenvalue weighted by atomic mass is 35.5. The maximum absolute atomic E-state index is 12.6. The number of thiophene rings is 1. The second-order valence-electron chi connectivity index (χ2n) is 6.20. The van der Waals surface area contributed by atoms with Crippen molar-refractivity contribution in [2.45, 2.75) is 13.1 Å². The van der Waals surface area contributed by atoms with Gasteiger partial charge in [0.2, 0.25) is 0 Å². The number of anilines is 1. The molecule has 1 aliphatic rings. The van der Waals surface area contributed by atoms with Crippen LogP contribution in [0.1, 0.15) is 16.1 Å². The molecule has 0 aliphatic carbocycles. The van der Waals surface area contributed by atoms with Crippen molar-refractivity contribution >= 4 is 39.9 Å². The highest BCUT2D eigenvalue weighted by molar-refractivity contribution is 7.14.